The number of fused-ring (bicyclic) bond motifs is 1. The van der Waals surface area contributed by atoms with Crippen LogP contribution in [0.2, 0.25) is 0 Å². The van der Waals surface area contributed by atoms with E-state index in [1.807, 2.05) is 0 Å². The van der Waals surface area contributed by atoms with Gasteiger partial charge in [-0.1, -0.05) is 27.7 Å². The summed E-state index contributed by atoms with van der Waals surface area (Å²) < 4.78 is 0. The van der Waals surface area contributed by atoms with Crippen LogP contribution >= 0.6 is 0 Å². The van der Waals surface area contributed by atoms with E-state index in [9.17, 15) is 0 Å². The molecule has 0 fully saturated rings. The highest BCUT2D eigenvalue weighted by molar-refractivity contribution is 5.69. The van der Waals surface area contributed by atoms with E-state index in [1.54, 1.807) is 6.20 Å². The van der Waals surface area contributed by atoms with Crippen LogP contribution in [0.15, 0.2) is 6.20 Å². The Morgan fingerprint density at radius 3 is 2.60 bits per heavy atom. The molecule has 0 aromatic carbocycles. The Bertz CT molecular complexity index is 479. The van der Waals surface area contributed by atoms with Gasteiger partial charge >= 0.3 is 0 Å². The predicted molar refractivity (Wildman–Crippen MR) is 59.8 cm³/mol. The van der Waals surface area contributed by atoms with Gasteiger partial charge < -0.3 is 0 Å². The van der Waals surface area contributed by atoms with Gasteiger partial charge in [0.1, 0.15) is 5.52 Å². The Morgan fingerprint density at radius 2 is 2.00 bits per heavy atom. The van der Waals surface area contributed by atoms with Crippen molar-refractivity contribution in [2.75, 3.05) is 0 Å². The lowest BCUT2D eigenvalue weighted by Gasteiger charge is -2.20. The molecule has 15 heavy (non-hydrogen) atoms. The average molecular weight is 204 g/mol. The van der Waals surface area contributed by atoms with Gasteiger partial charge in [-0.2, -0.15) is 5.10 Å². The Kier molecular flexibility index (Phi) is 2.21. The molecule has 0 bridgehead atoms. The summed E-state index contributed by atoms with van der Waals surface area (Å²) in [5.74, 6) is 0. The highest BCUT2D eigenvalue weighted by Gasteiger charge is 2.21. The fraction of sp³-hybridized carbons (Fsp3) is 0.545. The summed E-state index contributed by atoms with van der Waals surface area (Å²) >= 11 is 0. The molecule has 4 nitrogen and oxygen atoms in total. The van der Waals surface area contributed by atoms with Crippen molar-refractivity contribution in [2.45, 2.75) is 39.5 Å². The van der Waals surface area contributed by atoms with E-state index in [-0.39, 0.29) is 5.41 Å². The maximum absolute atomic E-state index is 4.62. The van der Waals surface area contributed by atoms with Crippen LogP contribution in [0.4, 0.5) is 0 Å². The Labute approximate surface area is 89.1 Å². The monoisotopic (exact) mass is 204 g/mol. The summed E-state index contributed by atoms with van der Waals surface area (Å²) in [6.07, 6.45) is 2.62. The number of aromatic nitrogens is 4. The summed E-state index contributed by atoms with van der Waals surface area (Å²) in [6, 6.07) is 0. The molecule has 0 aliphatic heterocycles. The smallest absolute Gasteiger partial charge is 0.174 e. The quantitative estimate of drug-likeness (QED) is 0.774. The molecule has 2 rings (SSSR count). The second kappa shape index (κ2) is 3.29. The number of aryl methyl sites for hydroxylation is 1. The van der Waals surface area contributed by atoms with Crippen LogP contribution in [0.25, 0.3) is 11.2 Å². The van der Waals surface area contributed by atoms with Crippen molar-refractivity contribution in [3.63, 3.8) is 0 Å². The van der Waals surface area contributed by atoms with Crippen LogP contribution in [0.3, 0.4) is 0 Å². The second-order valence-electron chi connectivity index (χ2n) is 4.73. The van der Waals surface area contributed by atoms with Crippen molar-refractivity contribution < 1.29 is 0 Å². The summed E-state index contributed by atoms with van der Waals surface area (Å²) in [6.45, 7) is 8.56. The molecule has 0 aliphatic carbocycles. The zero-order valence-electron chi connectivity index (χ0n) is 9.63. The van der Waals surface area contributed by atoms with E-state index in [4.69, 9.17) is 0 Å². The van der Waals surface area contributed by atoms with Crippen LogP contribution in [-0.2, 0) is 11.8 Å². The summed E-state index contributed by atoms with van der Waals surface area (Å²) in [7, 11) is 0. The van der Waals surface area contributed by atoms with Crippen molar-refractivity contribution >= 4 is 11.2 Å². The Hall–Kier alpha value is -1.45. The first-order chi connectivity index (χ1) is 7.02. The molecule has 2 heterocycles. The third-order valence-electron chi connectivity index (χ3n) is 2.40. The second-order valence-corrected chi connectivity index (χ2v) is 4.73. The zero-order valence-corrected chi connectivity index (χ0v) is 9.63. The number of rotatable bonds is 1. The molecule has 80 valence electrons. The van der Waals surface area contributed by atoms with E-state index >= 15 is 0 Å². The van der Waals surface area contributed by atoms with Crippen LogP contribution in [-0.4, -0.2) is 20.2 Å². The first-order valence-corrected chi connectivity index (χ1v) is 5.23. The molecular formula is C11H16N4. The number of hydrogen-bond acceptors (Lipinski definition) is 3. The lowest BCUT2D eigenvalue weighted by molar-refractivity contribution is 0.559. The normalized spacial score (nSPS) is 12.3. The van der Waals surface area contributed by atoms with E-state index in [1.165, 1.54) is 0 Å². The molecular weight excluding hydrogens is 188 g/mol. The predicted octanol–water partition coefficient (Wildman–Crippen LogP) is 2.21. The van der Waals surface area contributed by atoms with Gasteiger partial charge in [0.25, 0.3) is 0 Å². The van der Waals surface area contributed by atoms with E-state index in [2.05, 4.69) is 47.9 Å². The Morgan fingerprint density at radius 1 is 1.27 bits per heavy atom. The first kappa shape index (κ1) is 10.1. The van der Waals surface area contributed by atoms with Gasteiger partial charge in [-0.15, -0.1) is 0 Å². The molecule has 2 aromatic heterocycles. The fourth-order valence-corrected chi connectivity index (χ4v) is 1.66. The minimum Gasteiger partial charge on any atom is -0.259 e. The van der Waals surface area contributed by atoms with Crippen molar-refractivity contribution in [1.29, 1.82) is 0 Å². The van der Waals surface area contributed by atoms with Crippen molar-refractivity contribution in [1.82, 2.24) is 20.2 Å². The molecule has 0 radical (unpaired) electrons. The van der Waals surface area contributed by atoms with Crippen LogP contribution in [0.1, 0.15) is 39.1 Å². The van der Waals surface area contributed by atoms with Crippen molar-refractivity contribution in [2.24, 2.45) is 0 Å². The molecule has 1 N–H and O–H groups in total. The standard InChI is InChI=1S/C11H16N4/c1-5-7-9(11(2,3)4)13-8-6-12-15-10(8)14-7/h6H,5H2,1-4H3,(H,12,14,15). The summed E-state index contributed by atoms with van der Waals surface area (Å²) in [5.41, 5.74) is 3.78. The highest BCUT2D eigenvalue weighted by atomic mass is 15.2. The third-order valence-corrected chi connectivity index (χ3v) is 2.40. The average Bonchev–Trinajstić information content (AvgIpc) is 2.60. The maximum Gasteiger partial charge on any atom is 0.174 e. The Balaban J connectivity index is 2.70. The number of nitrogens with zero attached hydrogens (tertiary/aromatic N) is 3. The van der Waals surface area contributed by atoms with E-state index in [0.717, 1.165) is 29.0 Å². The van der Waals surface area contributed by atoms with Gasteiger partial charge in [-0.25, -0.2) is 9.97 Å². The summed E-state index contributed by atoms with van der Waals surface area (Å²) in [5, 5.41) is 6.80. The minimum absolute atomic E-state index is 0.0316. The fourth-order valence-electron chi connectivity index (χ4n) is 1.66. The summed E-state index contributed by atoms with van der Waals surface area (Å²) in [4.78, 5) is 9.16. The van der Waals surface area contributed by atoms with Gasteiger partial charge in [0.05, 0.1) is 17.6 Å². The maximum atomic E-state index is 4.62. The molecule has 0 amide bonds. The van der Waals surface area contributed by atoms with Crippen LogP contribution < -0.4 is 0 Å². The lowest BCUT2D eigenvalue weighted by Crippen LogP contribution is -2.17. The van der Waals surface area contributed by atoms with E-state index < -0.39 is 0 Å². The van der Waals surface area contributed by atoms with Crippen LogP contribution in [0.5, 0.6) is 0 Å². The lowest BCUT2D eigenvalue weighted by atomic mass is 9.89. The molecule has 0 aliphatic rings. The molecule has 4 heteroatoms. The SMILES string of the molecule is CCc1nc2[nH]ncc2nc1C(C)(C)C. The van der Waals surface area contributed by atoms with Gasteiger partial charge in [-0.05, 0) is 6.42 Å². The number of nitrogens with one attached hydrogen (secondary N) is 1. The molecule has 0 atom stereocenters. The molecule has 0 saturated carbocycles. The topological polar surface area (TPSA) is 54.5 Å². The van der Waals surface area contributed by atoms with E-state index in [0.29, 0.717) is 0 Å². The molecule has 0 spiro atoms. The largest absolute Gasteiger partial charge is 0.259 e. The van der Waals surface area contributed by atoms with Gasteiger partial charge in [0, 0.05) is 5.41 Å². The minimum atomic E-state index is 0.0316. The number of hydrogen-bond donors (Lipinski definition) is 1. The van der Waals surface area contributed by atoms with Crippen molar-refractivity contribution in [3.8, 4) is 0 Å². The number of H-pyrrole nitrogens is 1. The molecule has 2 aromatic rings. The molecule has 0 unspecified atom stereocenters. The van der Waals surface area contributed by atoms with Crippen LogP contribution in [0, 0.1) is 0 Å². The van der Waals surface area contributed by atoms with Gasteiger partial charge in [0.15, 0.2) is 5.65 Å². The first-order valence-electron chi connectivity index (χ1n) is 5.23. The van der Waals surface area contributed by atoms with Gasteiger partial charge in [-0.3, -0.25) is 5.10 Å². The number of aromatic amines is 1. The van der Waals surface area contributed by atoms with Crippen molar-refractivity contribution in [3.05, 3.63) is 17.6 Å². The zero-order chi connectivity index (χ0) is 11.1. The third kappa shape index (κ3) is 1.71. The molecule has 0 saturated heterocycles. The van der Waals surface area contributed by atoms with Gasteiger partial charge in [0.2, 0.25) is 0 Å². The highest BCUT2D eigenvalue weighted by Crippen LogP contribution is 2.24.